The van der Waals surface area contributed by atoms with Crippen LogP contribution < -0.4 is 10.6 Å². The molecule has 1 aromatic rings. The summed E-state index contributed by atoms with van der Waals surface area (Å²) in [6.07, 6.45) is 0. The van der Waals surface area contributed by atoms with Crippen molar-refractivity contribution in [3.05, 3.63) is 23.8 Å². The van der Waals surface area contributed by atoms with Crippen LogP contribution in [0.2, 0.25) is 0 Å². The first-order chi connectivity index (χ1) is 8.24. The Morgan fingerprint density at radius 3 is 2.59 bits per heavy atom. The van der Waals surface area contributed by atoms with Gasteiger partial charge in [-0.25, -0.2) is 0 Å². The first-order valence-electron chi connectivity index (χ1n) is 6.01. The number of nitrogens with zero attached hydrogens (tertiary/aromatic N) is 3. The Morgan fingerprint density at radius 2 is 2.00 bits per heavy atom. The van der Waals surface area contributed by atoms with Gasteiger partial charge in [0.05, 0.1) is 5.56 Å². The second kappa shape index (κ2) is 5.07. The minimum Gasteiger partial charge on any atom is -0.398 e. The summed E-state index contributed by atoms with van der Waals surface area (Å²) in [4.78, 5) is 4.74. The second-order valence-corrected chi connectivity index (χ2v) is 4.30. The third kappa shape index (κ3) is 2.51. The van der Waals surface area contributed by atoms with Crippen molar-refractivity contribution in [2.24, 2.45) is 0 Å². The topological polar surface area (TPSA) is 56.3 Å². The molecule has 1 heterocycles. The molecular formula is C13H18N4. The van der Waals surface area contributed by atoms with Gasteiger partial charge in [-0.1, -0.05) is 6.92 Å². The van der Waals surface area contributed by atoms with E-state index in [1.54, 1.807) is 0 Å². The van der Waals surface area contributed by atoms with Crippen molar-refractivity contribution in [1.29, 1.82) is 5.26 Å². The minimum absolute atomic E-state index is 0.559. The summed E-state index contributed by atoms with van der Waals surface area (Å²) in [5.41, 5.74) is 7.96. The fraction of sp³-hybridized carbons (Fsp3) is 0.462. The molecule has 1 aliphatic heterocycles. The maximum absolute atomic E-state index is 8.96. The van der Waals surface area contributed by atoms with Crippen molar-refractivity contribution < 1.29 is 0 Å². The van der Waals surface area contributed by atoms with E-state index < -0.39 is 0 Å². The number of likely N-dealkylation sites (N-methyl/N-ethyl adjacent to an activating group) is 1. The molecule has 17 heavy (non-hydrogen) atoms. The Kier molecular flexibility index (Phi) is 3.50. The van der Waals surface area contributed by atoms with Gasteiger partial charge in [0.2, 0.25) is 0 Å². The number of nitrogen functional groups attached to an aromatic ring is 1. The quantitative estimate of drug-likeness (QED) is 0.778. The standard InChI is InChI=1S/C13H18N4/c1-2-16-5-7-17(8-6-16)12-3-4-13(15)11(9-12)10-14/h3-4,9H,2,5-8,15H2,1H3. The summed E-state index contributed by atoms with van der Waals surface area (Å²) in [7, 11) is 0. The molecule has 0 radical (unpaired) electrons. The number of piperazine rings is 1. The van der Waals surface area contributed by atoms with Crippen molar-refractivity contribution in [2.45, 2.75) is 6.92 Å². The first-order valence-corrected chi connectivity index (χ1v) is 6.01. The molecule has 4 nitrogen and oxygen atoms in total. The van der Waals surface area contributed by atoms with Gasteiger partial charge in [0.15, 0.2) is 0 Å². The van der Waals surface area contributed by atoms with Gasteiger partial charge >= 0.3 is 0 Å². The smallest absolute Gasteiger partial charge is 0.101 e. The average Bonchev–Trinajstić information content (AvgIpc) is 2.39. The highest BCUT2D eigenvalue weighted by molar-refractivity contribution is 5.62. The van der Waals surface area contributed by atoms with E-state index in [0.717, 1.165) is 38.4 Å². The van der Waals surface area contributed by atoms with Gasteiger partial charge in [-0.3, -0.25) is 0 Å². The van der Waals surface area contributed by atoms with Crippen LogP contribution in [0.1, 0.15) is 12.5 Å². The Hall–Kier alpha value is -1.73. The lowest BCUT2D eigenvalue weighted by molar-refractivity contribution is 0.271. The second-order valence-electron chi connectivity index (χ2n) is 4.30. The van der Waals surface area contributed by atoms with Crippen molar-refractivity contribution in [1.82, 2.24) is 4.90 Å². The molecule has 90 valence electrons. The summed E-state index contributed by atoms with van der Waals surface area (Å²) in [6, 6.07) is 7.84. The summed E-state index contributed by atoms with van der Waals surface area (Å²) in [6.45, 7) is 7.50. The predicted octanol–water partition coefficient (Wildman–Crippen LogP) is 1.28. The van der Waals surface area contributed by atoms with E-state index in [0.29, 0.717) is 11.3 Å². The number of hydrogen-bond acceptors (Lipinski definition) is 4. The van der Waals surface area contributed by atoms with E-state index in [2.05, 4.69) is 22.8 Å². The molecule has 0 spiro atoms. The molecular weight excluding hydrogens is 212 g/mol. The van der Waals surface area contributed by atoms with Crippen molar-refractivity contribution >= 4 is 11.4 Å². The fourth-order valence-electron chi connectivity index (χ4n) is 2.16. The van der Waals surface area contributed by atoms with Crippen molar-refractivity contribution in [2.75, 3.05) is 43.4 Å². The van der Waals surface area contributed by atoms with Crippen LogP contribution >= 0.6 is 0 Å². The van der Waals surface area contributed by atoms with E-state index in [-0.39, 0.29) is 0 Å². The van der Waals surface area contributed by atoms with Gasteiger partial charge in [-0.05, 0) is 24.7 Å². The Morgan fingerprint density at radius 1 is 1.29 bits per heavy atom. The van der Waals surface area contributed by atoms with Crippen LogP contribution in [0.3, 0.4) is 0 Å². The molecule has 1 fully saturated rings. The summed E-state index contributed by atoms with van der Waals surface area (Å²) in [5.74, 6) is 0. The molecule has 4 heteroatoms. The zero-order chi connectivity index (χ0) is 12.3. The summed E-state index contributed by atoms with van der Waals surface area (Å²) in [5, 5.41) is 8.96. The van der Waals surface area contributed by atoms with Gasteiger partial charge in [0.1, 0.15) is 6.07 Å². The Bertz CT molecular complexity index is 428. The zero-order valence-corrected chi connectivity index (χ0v) is 10.2. The van der Waals surface area contributed by atoms with Crippen LogP contribution in [0.15, 0.2) is 18.2 Å². The molecule has 0 bridgehead atoms. The Balaban J connectivity index is 2.11. The van der Waals surface area contributed by atoms with Crippen molar-refractivity contribution in [3.63, 3.8) is 0 Å². The highest BCUT2D eigenvalue weighted by Gasteiger charge is 2.16. The lowest BCUT2D eigenvalue weighted by Crippen LogP contribution is -2.46. The van der Waals surface area contributed by atoms with E-state index in [4.69, 9.17) is 11.0 Å². The van der Waals surface area contributed by atoms with Crippen LogP contribution in [0, 0.1) is 11.3 Å². The molecule has 2 rings (SSSR count). The molecule has 0 unspecified atom stereocenters. The van der Waals surface area contributed by atoms with Crippen LogP contribution in [-0.4, -0.2) is 37.6 Å². The fourth-order valence-corrected chi connectivity index (χ4v) is 2.16. The van der Waals surface area contributed by atoms with E-state index in [9.17, 15) is 0 Å². The molecule has 1 aromatic carbocycles. The normalized spacial score (nSPS) is 16.8. The van der Waals surface area contributed by atoms with Gasteiger partial charge < -0.3 is 15.5 Å². The van der Waals surface area contributed by atoms with Gasteiger partial charge in [0.25, 0.3) is 0 Å². The third-order valence-electron chi connectivity index (χ3n) is 3.34. The highest BCUT2D eigenvalue weighted by Crippen LogP contribution is 2.21. The molecule has 0 atom stereocenters. The molecule has 1 saturated heterocycles. The van der Waals surface area contributed by atoms with Gasteiger partial charge in [-0.2, -0.15) is 5.26 Å². The van der Waals surface area contributed by atoms with Gasteiger partial charge in [-0.15, -0.1) is 0 Å². The van der Waals surface area contributed by atoms with Gasteiger partial charge in [0, 0.05) is 37.6 Å². The minimum atomic E-state index is 0.559. The maximum Gasteiger partial charge on any atom is 0.101 e. The summed E-state index contributed by atoms with van der Waals surface area (Å²) < 4.78 is 0. The number of rotatable bonds is 2. The number of hydrogen-bond donors (Lipinski definition) is 1. The van der Waals surface area contributed by atoms with E-state index >= 15 is 0 Å². The van der Waals surface area contributed by atoms with Crippen LogP contribution in [0.25, 0.3) is 0 Å². The van der Waals surface area contributed by atoms with E-state index in [1.807, 2.05) is 18.2 Å². The lowest BCUT2D eigenvalue weighted by Gasteiger charge is -2.35. The molecule has 0 aromatic heterocycles. The van der Waals surface area contributed by atoms with Crippen LogP contribution in [0.5, 0.6) is 0 Å². The predicted molar refractivity (Wildman–Crippen MR) is 69.9 cm³/mol. The molecule has 0 aliphatic carbocycles. The number of benzene rings is 1. The third-order valence-corrected chi connectivity index (χ3v) is 3.34. The lowest BCUT2D eigenvalue weighted by atomic mass is 10.1. The number of anilines is 2. The summed E-state index contributed by atoms with van der Waals surface area (Å²) >= 11 is 0. The van der Waals surface area contributed by atoms with Crippen LogP contribution in [0.4, 0.5) is 11.4 Å². The number of nitrogens with two attached hydrogens (primary N) is 1. The largest absolute Gasteiger partial charge is 0.398 e. The SMILES string of the molecule is CCN1CCN(c2ccc(N)c(C#N)c2)CC1. The first kappa shape index (κ1) is 11.7. The molecule has 2 N–H and O–H groups in total. The number of nitriles is 1. The highest BCUT2D eigenvalue weighted by atomic mass is 15.3. The molecule has 1 aliphatic rings. The van der Waals surface area contributed by atoms with Crippen LogP contribution in [-0.2, 0) is 0 Å². The Labute approximate surface area is 102 Å². The molecule has 0 amide bonds. The zero-order valence-electron chi connectivity index (χ0n) is 10.2. The average molecular weight is 230 g/mol. The van der Waals surface area contributed by atoms with Crippen molar-refractivity contribution in [3.8, 4) is 6.07 Å². The monoisotopic (exact) mass is 230 g/mol. The van der Waals surface area contributed by atoms with E-state index in [1.165, 1.54) is 0 Å². The maximum atomic E-state index is 8.96. The molecule has 0 saturated carbocycles.